The van der Waals surface area contributed by atoms with E-state index in [1.165, 1.54) is 75.5 Å². The molecule has 0 aliphatic carbocycles. The van der Waals surface area contributed by atoms with Gasteiger partial charge in [0.2, 0.25) is 0 Å². The second-order valence-corrected chi connectivity index (χ2v) is 17.5. The molecule has 0 amide bonds. The summed E-state index contributed by atoms with van der Waals surface area (Å²) in [6, 6.07) is 19.1. The van der Waals surface area contributed by atoms with E-state index in [1.54, 1.807) is 0 Å². The van der Waals surface area contributed by atoms with Crippen molar-refractivity contribution in [3.63, 3.8) is 0 Å². The van der Waals surface area contributed by atoms with Crippen LogP contribution in [0.5, 0.6) is 0 Å². The van der Waals surface area contributed by atoms with Gasteiger partial charge in [-0.05, 0) is 96.9 Å². The first-order chi connectivity index (χ1) is 19.5. The lowest BCUT2D eigenvalue weighted by molar-refractivity contribution is 0.410. The fourth-order valence-electron chi connectivity index (χ4n) is 6.92. The van der Waals surface area contributed by atoms with Gasteiger partial charge >= 0.3 is 0 Å². The number of hydrogen-bond acceptors (Lipinski definition) is 2. The van der Waals surface area contributed by atoms with Crippen LogP contribution in [0.15, 0.2) is 58.3 Å². The molecule has 4 aromatic carbocycles. The van der Waals surface area contributed by atoms with Crippen LogP contribution in [0.4, 0.5) is 0 Å². The zero-order chi connectivity index (χ0) is 30.4. The van der Waals surface area contributed by atoms with Gasteiger partial charge in [0.15, 0.2) is 7.85 Å². The highest BCUT2D eigenvalue weighted by Gasteiger charge is 2.29. The maximum absolute atomic E-state index is 5.37. The van der Waals surface area contributed by atoms with E-state index < -0.39 is 0 Å². The van der Waals surface area contributed by atoms with Crippen molar-refractivity contribution in [2.24, 2.45) is 16.2 Å². The largest absolute Gasteiger partial charge is 0.263 e. The number of benzene rings is 4. The summed E-state index contributed by atoms with van der Waals surface area (Å²) in [5.41, 5.74) is 9.89. The Morgan fingerprint density at radius 3 is 2.05 bits per heavy atom. The Morgan fingerprint density at radius 2 is 1.38 bits per heavy atom. The highest BCUT2D eigenvalue weighted by molar-refractivity contribution is 8.00. The van der Waals surface area contributed by atoms with Crippen molar-refractivity contribution in [1.82, 2.24) is 4.98 Å². The molecule has 0 unspecified atom stereocenters. The summed E-state index contributed by atoms with van der Waals surface area (Å²) in [5, 5.41) is 8.23. The van der Waals surface area contributed by atoms with Crippen molar-refractivity contribution < 1.29 is 0 Å². The number of nitrogens with zero attached hydrogens (tertiary/aromatic N) is 1. The van der Waals surface area contributed by atoms with Gasteiger partial charge in [-0.15, -0.1) is 0 Å². The summed E-state index contributed by atoms with van der Waals surface area (Å²) < 4.78 is 0. The van der Waals surface area contributed by atoms with Crippen molar-refractivity contribution in [2.45, 2.75) is 91.4 Å². The summed E-state index contributed by atoms with van der Waals surface area (Å²) in [6.07, 6.45) is 3.16. The lowest BCUT2D eigenvalue weighted by Gasteiger charge is -2.29. The van der Waals surface area contributed by atoms with Crippen molar-refractivity contribution in [2.75, 3.05) is 0 Å². The third-order valence-electron chi connectivity index (χ3n) is 8.56. The molecule has 1 aliphatic heterocycles. The Hall–Kier alpha value is -2.71. The second kappa shape index (κ2) is 9.91. The Labute approximate surface area is 259 Å². The van der Waals surface area contributed by atoms with Gasteiger partial charge in [-0.1, -0.05) is 116 Å². The maximum Gasteiger partial charge on any atom is 0.163 e. The predicted octanol–water partition coefficient (Wildman–Crippen LogP) is 7.96. The zero-order valence-corrected chi connectivity index (χ0v) is 28.4. The normalized spacial score (nSPS) is 13.7. The summed E-state index contributed by atoms with van der Waals surface area (Å²) in [4.78, 5) is 8.13. The molecule has 0 bridgehead atoms. The maximum atomic E-state index is 5.37. The van der Waals surface area contributed by atoms with Crippen molar-refractivity contribution in [3.8, 4) is 11.3 Å². The van der Waals surface area contributed by atoms with Gasteiger partial charge in [-0.3, -0.25) is 4.98 Å². The Morgan fingerprint density at radius 1 is 0.690 bits per heavy atom. The van der Waals surface area contributed by atoms with Crippen LogP contribution in [-0.4, -0.2) is 20.7 Å². The number of aromatic nitrogens is 1. The smallest absolute Gasteiger partial charge is 0.163 e. The summed E-state index contributed by atoms with van der Waals surface area (Å²) in [5.74, 6) is 0. The van der Waals surface area contributed by atoms with E-state index in [2.05, 4.69) is 127 Å². The van der Waals surface area contributed by atoms with E-state index in [4.69, 9.17) is 4.98 Å². The molecular formula is C38H45B2NS. The predicted molar refractivity (Wildman–Crippen MR) is 192 cm³/mol. The summed E-state index contributed by atoms with van der Waals surface area (Å²) in [6.45, 7) is 21.1. The number of hydrogen-bond donors (Lipinski definition) is 0. The molecule has 5 aromatic rings. The molecule has 0 spiro atoms. The molecule has 0 fully saturated rings. The quantitative estimate of drug-likeness (QED) is 0.159. The standard InChI is InChI=1S/C38H45B2NS/c1-36(2,3)18-21-13-14-24-23(15-21)16-27-33-31-29(42-34(27)28(24)20-38(7,8)9)17-26-22(19-37(4,5)6)11-10-12-25(26)30(31)32(39)35(40)41-33/h10-17H,18-20,39-40H2,1-9H3. The van der Waals surface area contributed by atoms with Gasteiger partial charge in [0.25, 0.3) is 0 Å². The molecule has 0 atom stereocenters. The van der Waals surface area contributed by atoms with Gasteiger partial charge in [0, 0.05) is 20.7 Å². The van der Waals surface area contributed by atoms with Gasteiger partial charge in [-0.2, -0.15) is 0 Å². The topological polar surface area (TPSA) is 12.9 Å². The molecule has 4 heteroatoms. The van der Waals surface area contributed by atoms with E-state index in [-0.39, 0.29) is 16.2 Å². The third-order valence-corrected chi connectivity index (χ3v) is 9.77. The van der Waals surface area contributed by atoms with Gasteiger partial charge in [0.1, 0.15) is 7.85 Å². The number of rotatable bonds is 3. The molecule has 1 aliphatic rings. The van der Waals surface area contributed by atoms with Crippen LogP contribution in [0.1, 0.15) is 79.0 Å². The lowest BCUT2D eigenvalue weighted by atomic mass is 9.78. The summed E-state index contributed by atoms with van der Waals surface area (Å²) in [7, 11) is 4.47. The van der Waals surface area contributed by atoms with Crippen LogP contribution in [0.25, 0.3) is 43.6 Å². The van der Waals surface area contributed by atoms with Crippen LogP contribution in [-0.2, 0) is 19.3 Å². The average molecular weight is 569 g/mol. The van der Waals surface area contributed by atoms with Crippen molar-refractivity contribution in [3.05, 3.63) is 65.2 Å². The fourth-order valence-corrected chi connectivity index (χ4v) is 8.19. The highest BCUT2D eigenvalue weighted by atomic mass is 32.2. The van der Waals surface area contributed by atoms with E-state index in [9.17, 15) is 0 Å². The monoisotopic (exact) mass is 569 g/mol. The fraction of sp³-hybridized carbons (Fsp3) is 0.395. The van der Waals surface area contributed by atoms with Crippen LogP contribution in [0, 0.1) is 16.2 Å². The van der Waals surface area contributed by atoms with Crippen molar-refractivity contribution in [1.29, 1.82) is 0 Å². The van der Waals surface area contributed by atoms with Crippen molar-refractivity contribution >= 4 is 70.8 Å². The molecular weight excluding hydrogens is 524 g/mol. The highest BCUT2D eigenvalue weighted by Crippen LogP contribution is 2.52. The van der Waals surface area contributed by atoms with E-state index in [1.807, 2.05) is 11.8 Å². The molecule has 6 rings (SSSR count). The molecule has 0 radical (unpaired) electrons. The van der Waals surface area contributed by atoms with Gasteiger partial charge in [0.05, 0.1) is 5.69 Å². The van der Waals surface area contributed by atoms with E-state index in [0.717, 1.165) is 24.9 Å². The minimum atomic E-state index is 0.169. The molecule has 214 valence electrons. The van der Waals surface area contributed by atoms with Crippen LogP contribution >= 0.6 is 11.8 Å². The second-order valence-electron chi connectivity index (χ2n) is 16.4. The van der Waals surface area contributed by atoms with E-state index >= 15 is 0 Å². The average Bonchev–Trinajstić information content (AvgIpc) is 2.84. The van der Waals surface area contributed by atoms with E-state index in [0.29, 0.717) is 0 Å². The number of fused-ring (bicyclic) bond motifs is 5. The van der Waals surface area contributed by atoms with Gasteiger partial charge < -0.3 is 0 Å². The SMILES string of the molecule is Bc1nc2c3c(cc4c(CC(C)(C)C)cccc4c3c1B)Sc1c-2cc2cc(CC(C)(C)C)ccc2c1CC(C)(C)C. The molecule has 0 saturated heterocycles. The van der Waals surface area contributed by atoms with Crippen LogP contribution in [0.2, 0.25) is 0 Å². The van der Waals surface area contributed by atoms with Gasteiger partial charge in [-0.25, -0.2) is 0 Å². The first-order valence-electron chi connectivity index (χ1n) is 15.6. The molecule has 2 heterocycles. The molecule has 1 nitrogen and oxygen atoms in total. The third kappa shape index (κ3) is 5.41. The minimum Gasteiger partial charge on any atom is -0.263 e. The molecule has 0 N–H and O–H groups in total. The minimum absolute atomic E-state index is 0.169. The lowest BCUT2D eigenvalue weighted by Crippen LogP contribution is -2.31. The molecule has 1 aromatic heterocycles. The number of pyridine rings is 1. The van der Waals surface area contributed by atoms with Crippen LogP contribution < -0.4 is 11.1 Å². The first-order valence-corrected chi connectivity index (χ1v) is 16.4. The van der Waals surface area contributed by atoms with Crippen LogP contribution in [0.3, 0.4) is 0 Å². The summed E-state index contributed by atoms with van der Waals surface area (Å²) >= 11 is 1.99. The Balaban J connectivity index is 1.71. The zero-order valence-electron chi connectivity index (χ0n) is 27.6. The Kier molecular flexibility index (Phi) is 6.93. The Bertz CT molecular complexity index is 1900. The first kappa shape index (κ1) is 29.4. The molecule has 42 heavy (non-hydrogen) atoms. The molecule has 0 saturated carbocycles.